The number of carbonyl (C=O) groups is 1. The molecular formula is C16H18Br2N2O2. The molecule has 1 heterocycles. The fourth-order valence-corrected chi connectivity index (χ4v) is 3.11. The molecule has 1 atom stereocenters. The average molecular weight is 430 g/mol. The highest BCUT2D eigenvalue weighted by Gasteiger charge is 2.28. The standard InChI is InChI=1S/C16H18Br2N2O2/c1-4-13-19-8-12(15(21)22)20(13)14-10(2)6-5-7-11(14)16(3,18)9-17/h5-8H,4,9H2,1-3H3,(H,21,22). The summed E-state index contributed by atoms with van der Waals surface area (Å²) in [6.45, 7) is 6.02. The van der Waals surface area contributed by atoms with Crippen LogP contribution in [0, 0.1) is 6.92 Å². The predicted molar refractivity (Wildman–Crippen MR) is 94.7 cm³/mol. The van der Waals surface area contributed by atoms with Crippen LogP contribution in [0.3, 0.4) is 0 Å². The van der Waals surface area contributed by atoms with E-state index in [9.17, 15) is 9.90 Å². The van der Waals surface area contributed by atoms with Gasteiger partial charge in [-0.25, -0.2) is 9.78 Å². The minimum Gasteiger partial charge on any atom is -0.477 e. The second-order valence-corrected chi connectivity index (χ2v) is 7.67. The molecule has 2 rings (SSSR count). The van der Waals surface area contributed by atoms with Gasteiger partial charge < -0.3 is 5.11 Å². The first-order valence-corrected chi connectivity index (χ1v) is 8.90. The van der Waals surface area contributed by atoms with Gasteiger partial charge in [-0.2, -0.15) is 0 Å². The normalized spacial score (nSPS) is 13.9. The maximum atomic E-state index is 11.6. The first kappa shape index (κ1) is 17.2. The monoisotopic (exact) mass is 428 g/mol. The third-order valence-corrected chi connectivity index (χ3v) is 6.23. The van der Waals surface area contributed by atoms with E-state index in [1.54, 1.807) is 4.57 Å². The Hall–Kier alpha value is -1.14. The topological polar surface area (TPSA) is 55.1 Å². The number of rotatable bonds is 5. The molecule has 0 aliphatic carbocycles. The van der Waals surface area contributed by atoms with Crippen molar-refractivity contribution in [1.82, 2.24) is 9.55 Å². The Kier molecular flexibility index (Phi) is 5.12. The van der Waals surface area contributed by atoms with Crippen molar-refractivity contribution in [2.75, 3.05) is 5.33 Å². The fourth-order valence-electron chi connectivity index (χ4n) is 2.49. The van der Waals surface area contributed by atoms with Crippen molar-refractivity contribution in [3.63, 3.8) is 0 Å². The van der Waals surface area contributed by atoms with Crippen LogP contribution in [0.15, 0.2) is 24.4 Å². The van der Waals surface area contributed by atoms with Crippen molar-refractivity contribution in [1.29, 1.82) is 0 Å². The van der Waals surface area contributed by atoms with Crippen molar-refractivity contribution in [2.24, 2.45) is 0 Å². The number of para-hydroxylation sites is 1. The van der Waals surface area contributed by atoms with E-state index < -0.39 is 5.97 Å². The largest absolute Gasteiger partial charge is 0.477 e. The van der Waals surface area contributed by atoms with Crippen molar-refractivity contribution in [3.05, 3.63) is 47.0 Å². The number of hydrogen-bond acceptors (Lipinski definition) is 2. The molecule has 0 aliphatic rings. The van der Waals surface area contributed by atoms with Gasteiger partial charge in [0.1, 0.15) is 5.82 Å². The number of halogens is 2. The maximum Gasteiger partial charge on any atom is 0.354 e. The molecular weight excluding hydrogens is 412 g/mol. The number of hydrogen-bond donors (Lipinski definition) is 1. The minimum atomic E-state index is -0.975. The fraction of sp³-hybridized carbons (Fsp3) is 0.375. The molecule has 4 nitrogen and oxygen atoms in total. The number of carboxylic acid groups (broad SMARTS) is 1. The highest BCUT2D eigenvalue weighted by molar-refractivity contribution is 9.12. The molecule has 0 radical (unpaired) electrons. The van der Waals surface area contributed by atoms with Crippen LogP contribution in [0.4, 0.5) is 0 Å². The molecule has 2 aromatic rings. The lowest BCUT2D eigenvalue weighted by molar-refractivity contribution is 0.0688. The molecule has 118 valence electrons. The molecule has 0 fully saturated rings. The van der Waals surface area contributed by atoms with Gasteiger partial charge in [-0.1, -0.05) is 57.0 Å². The van der Waals surface area contributed by atoms with Crippen LogP contribution in [0.25, 0.3) is 5.69 Å². The summed E-state index contributed by atoms with van der Waals surface area (Å²) in [6.07, 6.45) is 2.09. The SMILES string of the molecule is CCc1ncc(C(=O)O)n1-c1c(C)cccc1C(C)(Br)CBr. The van der Waals surface area contributed by atoms with Gasteiger partial charge in [-0.05, 0) is 25.0 Å². The lowest BCUT2D eigenvalue weighted by Crippen LogP contribution is -2.21. The lowest BCUT2D eigenvalue weighted by Gasteiger charge is -2.26. The van der Waals surface area contributed by atoms with Crippen molar-refractivity contribution < 1.29 is 9.90 Å². The van der Waals surface area contributed by atoms with Gasteiger partial charge in [0.25, 0.3) is 0 Å². The molecule has 6 heteroatoms. The zero-order valence-corrected chi connectivity index (χ0v) is 15.9. The molecule has 0 amide bonds. The van der Waals surface area contributed by atoms with Crippen LogP contribution in [-0.4, -0.2) is 26.0 Å². The van der Waals surface area contributed by atoms with E-state index in [1.165, 1.54) is 6.20 Å². The third-order valence-electron chi connectivity index (χ3n) is 3.64. The van der Waals surface area contributed by atoms with Gasteiger partial charge >= 0.3 is 5.97 Å². The van der Waals surface area contributed by atoms with Crippen LogP contribution < -0.4 is 0 Å². The van der Waals surface area contributed by atoms with E-state index in [0.29, 0.717) is 11.8 Å². The number of imidazole rings is 1. The molecule has 0 bridgehead atoms. The Balaban J connectivity index is 2.84. The first-order chi connectivity index (χ1) is 10.3. The van der Waals surface area contributed by atoms with Crippen LogP contribution >= 0.6 is 31.9 Å². The summed E-state index contributed by atoms with van der Waals surface area (Å²) in [5.74, 6) is -0.234. The number of benzene rings is 1. The number of nitrogens with zero attached hydrogens (tertiary/aromatic N) is 2. The second kappa shape index (κ2) is 6.54. The van der Waals surface area contributed by atoms with Crippen molar-refractivity contribution in [2.45, 2.75) is 31.5 Å². The molecule has 1 unspecified atom stereocenters. The van der Waals surface area contributed by atoms with E-state index in [-0.39, 0.29) is 10.0 Å². The maximum absolute atomic E-state index is 11.6. The van der Waals surface area contributed by atoms with E-state index in [2.05, 4.69) is 43.8 Å². The Morgan fingerprint density at radius 1 is 1.45 bits per heavy atom. The number of carboxylic acids is 1. The van der Waals surface area contributed by atoms with E-state index in [0.717, 1.165) is 22.6 Å². The first-order valence-electron chi connectivity index (χ1n) is 6.98. The number of alkyl halides is 2. The second-order valence-electron chi connectivity index (χ2n) is 5.36. The molecule has 1 aromatic carbocycles. The third kappa shape index (κ3) is 2.99. The van der Waals surface area contributed by atoms with Gasteiger partial charge in [0.05, 0.1) is 16.2 Å². The quantitative estimate of drug-likeness (QED) is 0.714. The number of aromatic carboxylic acids is 1. The van der Waals surface area contributed by atoms with Gasteiger partial charge in [0.2, 0.25) is 0 Å². The summed E-state index contributed by atoms with van der Waals surface area (Å²) in [6, 6.07) is 5.99. The van der Waals surface area contributed by atoms with Gasteiger partial charge in [0, 0.05) is 11.8 Å². The minimum absolute atomic E-state index is 0.185. The summed E-state index contributed by atoms with van der Waals surface area (Å²) < 4.78 is 1.45. The number of aromatic nitrogens is 2. The molecule has 1 N–H and O–H groups in total. The average Bonchev–Trinajstić information content (AvgIpc) is 2.90. The molecule has 0 saturated carbocycles. The zero-order chi connectivity index (χ0) is 16.5. The van der Waals surface area contributed by atoms with Crippen LogP contribution in [0.2, 0.25) is 0 Å². The Labute approximate surface area is 146 Å². The highest BCUT2D eigenvalue weighted by Crippen LogP contribution is 2.38. The van der Waals surface area contributed by atoms with Crippen molar-refractivity contribution in [3.8, 4) is 5.69 Å². The van der Waals surface area contributed by atoms with Crippen LogP contribution in [-0.2, 0) is 10.7 Å². The Morgan fingerprint density at radius 2 is 2.14 bits per heavy atom. The van der Waals surface area contributed by atoms with E-state index in [4.69, 9.17) is 0 Å². The Morgan fingerprint density at radius 3 is 2.68 bits per heavy atom. The summed E-state index contributed by atoms with van der Waals surface area (Å²) in [5, 5.41) is 10.2. The van der Waals surface area contributed by atoms with E-state index in [1.807, 2.05) is 32.0 Å². The smallest absolute Gasteiger partial charge is 0.354 e. The number of aryl methyl sites for hydroxylation is 2. The molecule has 0 spiro atoms. The van der Waals surface area contributed by atoms with Gasteiger partial charge in [-0.3, -0.25) is 4.57 Å². The highest BCUT2D eigenvalue weighted by atomic mass is 79.9. The van der Waals surface area contributed by atoms with Gasteiger partial charge in [0.15, 0.2) is 5.69 Å². The molecule has 0 saturated heterocycles. The summed E-state index contributed by atoms with van der Waals surface area (Å²) in [7, 11) is 0. The molecule has 1 aromatic heterocycles. The van der Waals surface area contributed by atoms with Crippen LogP contribution in [0.1, 0.15) is 41.3 Å². The molecule has 0 aliphatic heterocycles. The van der Waals surface area contributed by atoms with Crippen molar-refractivity contribution >= 4 is 37.8 Å². The predicted octanol–water partition coefficient (Wildman–Crippen LogP) is 4.45. The summed E-state index contributed by atoms with van der Waals surface area (Å²) in [5.41, 5.74) is 3.11. The Bertz CT molecular complexity index is 708. The van der Waals surface area contributed by atoms with Gasteiger partial charge in [-0.15, -0.1) is 0 Å². The lowest BCUT2D eigenvalue weighted by atomic mass is 9.97. The van der Waals surface area contributed by atoms with E-state index >= 15 is 0 Å². The van der Waals surface area contributed by atoms with Crippen LogP contribution in [0.5, 0.6) is 0 Å². The summed E-state index contributed by atoms with van der Waals surface area (Å²) in [4.78, 5) is 15.9. The molecule has 22 heavy (non-hydrogen) atoms. The zero-order valence-electron chi connectivity index (χ0n) is 12.7. The summed E-state index contributed by atoms with van der Waals surface area (Å²) >= 11 is 7.26.